The van der Waals surface area contributed by atoms with Gasteiger partial charge < -0.3 is 19.3 Å². The predicted octanol–water partition coefficient (Wildman–Crippen LogP) is 3.84. The van der Waals surface area contributed by atoms with E-state index >= 15 is 0 Å². The summed E-state index contributed by atoms with van der Waals surface area (Å²) in [6, 6.07) is 0. The van der Waals surface area contributed by atoms with Crippen LogP contribution in [-0.2, 0) is 23.4 Å². The lowest BCUT2D eigenvalue weighted by Gasteiger charge is -2.15. The van der Waals surface area contributed by atoms with E-state index in [-0.39, 0.29) is 0 Å². The second-order valence-corrected chi connectivity index (χ2v) is 7.54. The molecule has 0 fully saturated rings. The van der Waals surface area contributed by atoms with Crippen LogP contribution in [0.25, 0.3) is 0 Å². The molecule has 1 heterocycles. The second-order valence-electron chi connectivity index (χ2n) is 6.30. The number of hydrogen-bond donors (Lipinski definition) is 2. The molecular formula is C17H31O7P. The predicted molar refractivity (Wildman–Crippen MR) is 93.8 cm³/mol. The Morgan fingerprint density at radius 3 is 2.16 bits per heavy atom. The van der Waals surface area contributed by atoms with E-state index in [4.69, 9.17) is 19.3 Å². The van der Waals surface area contributed by atoms with Crippen molar-refractivity contribution in [2.75, 3.05) is 13.2 Å². The second kappa shape index (κ2) is 12.6. The molecule has 1 unspecified atom stereocenters. The zero-order chi connectivity index (χ0) is 18.5. The van der Waals surface area contributed by atoms with Crippen LogP contribution in [0.15, 0.2) is 11.6 Å². The van der Waals surface area contributed by atoms with E-state index in [9.17, 15) is 9.36 Å². The lowest BCUT2D eigenvalue weighted by Crippen LogP contribution is -2.19. The van der Waals surface area contributed by atoms with E-state index < -0.39 is 26.7 Å². The summed E-state index contributed by atoms with van der Waals surface area (Å²) in [4.78, 5) is 28.7. The van der Waals surface area contributed by atoms with Crippen molar-refractivity contribution in [3.05, 3.63) is 11.6 Å². The zero-order valence-electron chi connectivity index (χ0n) is 15.0. The zero-order valence-corrected chi connectivity index (χ0v) is 15.9. The Labute approximate surface area is 150 Å². The summed E-state index contributed by atoms with van der Waals surface area (Å²) < 4.78 is 25.5. The summed E-state index contributed by atoms with van der Waals surface area (Å²) in [5.41, 5.74) is 0.292. The molecule has 0 aromatic carbocycles. The quantitative estimate of drug-likeness (QED) is 0.253. The van der Waals surface area contributed by atoms with E-state index in [0.717, 1.165) is 25.3 Å². The van der Waals surface area contributed by atoms with Gasteiger partial charge >= 0.3 is 13.8 Å². The summed E-state index contributed by atoms with van der Waals surface area (Å²) in [7, 11) is -4.58. The van der Waals surface area contributed by atoms with Crippen molar-refractivity contribution in [2.45, 2.75) is 77.4 Å². The molecule has 0 saturated heterocycles. The minimum Gasteiger partial charge on any atom is -0.428 e. The van der Waals surface area contributed by atoms with E-state index in [0.29, 0.717) is 12.2 Å². The van der Waals surface area contributed by atoms with Gasteiger partial charge in [-0.15, -0.1) is 0 Å². The Balaban J connectivity index is 2.04. The minimum atomic E-state index is -4.58. The number of rotatable bonds is 15. The summed E-state index contributed by atoms with van der Waals surface area (Å²) in [6.45, 7) is 2.26. The van der Waals surface area contributed by atoms with Crippen LogP contribution in [0.3, 0.4) is 0 Å². The molecule has 0 amide bonds. The van der Waals surface area contributed by atoms with Gasteiger partial charge in [-0.25, -0.2) is 9.36 Å². The van der Waals surface area contributed by atoms with Crippen molar-refractivity contribution in [3.8, 4) is 0 Å². The summed E-state index contributed by atoms with van der Waals surface area (Å²) >= 11 is 0. The van der Waals surface area contributed by atoms with Crippen LogP contribution in [0, 0.1) is 0 Å². The van der Waals surface area contributed by atoms with Crippen LogP contribution in [0.1, 0.15) is 71.1 Å². The lowest BCUT2D eigenvalue weighted by molar-refractivity contribution is -0.160. The number of phosphoric acid groups is 1. The van der Waals surface area contributed by atoms with Crippen LogP contribution in [-0.4, -0.2) is 35.3 Å². The smallest absolute Gasteiger partial charge is 0.428 e. The molecule has 0 aromatic rings. The fourth-order valence-electron chi connectivity index (χ4n) is 2.62. The van der Waals surface area contributed by atoms with E-state index in [1.807, 2.05) is 0 Å². The van der Waals surface area contributed by atoms with Gasteiger partial charge in [0.05, 0.1) is 13.2 Å². The number of unbranched alkanes of at least 4 members (excludes halogenated alkanes) is 9. The molecule has 0 spiro atoms. The maximum atomic E-state index is 11.3. The molecule has 0 radical (unpaired) electrons. The SMILES string of the molecule is CCCCCCCCCCCCOC1OC(=O)C=C1COP(=O)(O)O. The number of hydrogen-bond acceptors (Lipinski definition) is 5. The molecule has 0 aromatic heterocycles. The summed E-state index contributed by atoms with van der Waals surface area (Å²) in [5, 5.41) is 0. The number of cyclic esters (lactones) is 1. The Bertz CT molecular complexity index is 458. The molecule has 1 aliphatic rings. The van der Waals surface area contributed by atoms with E-state index in [1.54, 1.807) is 0 Å². The fraction of sp³-hybridized carbons (Fsp3) is 0.824. The van der Waals surface area contributed by atoms with Crippen molar-refractivity contribution in [1.82, 2.24) is 0 Å². The monoisotopic (exact) mass is 378 g/mol. The van der Waals surface area contributed by atoms with Gasteiger partial charge in [-0.1, -0.05) is 64.7 Å². The van der Waals surface area contributed by atoms with Gasteiger partial charge in [-0.3, -0.25) is 4.52 Å². The highest BCUT2D eigenvalue weighted by Gasteiger charge is 2.29. The first kappa shape index (κ1) is 22.3. The topological polar surface area (TPSA) is 102 Å². The first-order chi connectivity index (χ1) is 11.9. The standard InChI is InChI=1S/C17H31O7P/c1-2-3-4-5-6-7-8-9-10-11-12-22-17-15(13-16(18)24-17)14-23-25(19,20)21/h13,17H,2-12,14H2,1H3,(H2,19,20,21). The average molecular weight is 378 g/mol. The highest BCUT2D eigenvalue weighted by Crippen LogP contribution is 2.37. The highest BCUT2D eigenvalue weighted by atomic mass is 31.2. The maximum Gasteiger partial charge on any atom is 0.469 e. The Hall–Kier alpha value is -0.720. The third kappa shape index (κ3) is 11.5. The van der Waals surface area contributed by atoms with Crippen LogP contribution >= 0.6 is 7.82 Å². The number of esters is 1. The van der Waals surface area contributed by atoms with Crippen LogP contribution < -0.4 is 0 Å². The summed E-state index contributed by atoms with van der Waals surface area (Å²) in [5.74, 6) is -0.586. The largest absolute Gasteiger partial charge is 0.469 e. The molecule has 0 bridgehead atoms. The Morgan fingerprint density at radius 1 is 1.04 bits per heavy atom. The highest BCUT2D eigenvalue weighted by molar-refractivity contribution is 7.46. The number of carbonyl (C=O) groups is 1. The van der Waals surface area contributed by atoms with Crippen LogP contribution in [0.4, 0.5) is 0 Å². The molecule has 7 nitrogen and oxygen atoms in total. The van der Waals surface area contributed by atoms with Crippen molar-refractivity contribution in [2.24, 2.45) is 0 Å². The third-order valence-corrected chi connectivity index (χ3v) is 4.46. The average Bonchev–Trinajstić information content (AvgIpc) is 2.90. The minimum absolute atomic E-state index is 0.292. The summed E-state index contributed by atoms with van der Waals surface area (Å²) in [6.07, 6.45) is 12.4. The van der Waals surface area contributed by atoms with E-state index in [2.05, 4.69) is 11.4 Å². The van der Waals surface area contributed by atoms with Crippen molar-refractivity contribution in [1.29, 1.82) is 0 Å². The maximum absolute atomic E-state index is 11.3. The van der Waals surface area contributed by atoms with Gasteiger partial charge in [-0.2, -0.15) is 0 Å². The first-order valence-electron chi connectivity index (χ1n) is 9.15. The molecule has 146 valence electrons. The Kier molecular flexibility index (Phi) is 11.3. The molecule has 0 saturated carbocycles. The lowest BCUT2D eigenvalue weighted by atomic mass is 10.1. The van der Waals surface area contributed by atoms with Gasteiger partial charge in [0.2, 0.25) is 6.29 Å². The van der Waals surface area contributed by atoms with Crippen molar-refractivity contribution >= 4 is 13.8 Å². The van der Waals surface area contributed by atoms with Gasteiger partial charge in [0, 0.05) is 11.6 Å². The molecule has 0 aliphatic carbocycles. The number of carbonyl (C=O) groups excluding carboxylic acids is 1. The van der Waals surface area contributed by atoms with Crippen molar-refractivity contribution in [3.63, 3.8) is 0 Å². The third-order valence-electron chi connectivity index (χ3n) is 4.00. The van der Waals surface area contributed by atoms with Crippen LogP contribution in [0.5, 0.6) is 0 Å². The van der Waals surface area contributed by atoms with Gasteiger partial charge in [-0.05, 0) is 6.42 Å². The van der Waals surface area contributed by atoms with Gasteiger partial charge in [0.1, 0.15) is 0 Å². The van der Waals surface area contributed by atoms with Crippen molar-refractivity contribution < 1.29 is 33.1 Å². The molecule has 1 aliphatic heterocycles. The first-order valence-corrected chi connectivity index (χ1v) is 10.7. The molecule has 1 rings (SSSR count). The number of ether oxygens (including phenoxy) is 2. The molecule has 2 N–H and O–H groups in total. The molecule has 8 heteroatoms. The van der Waals surface area contributed by atoms with E-state index in [1.165, 1.54) is 44.9 Å². The molecular weight excluding hydrogens is 347 g/mol. The van der Waals surface area contributed by atoms with Gasteiger partial charge in [0.25, 0.3) is 0 Å². The molecule has 1 atom stereocenters. The number of phosphoric ester groups is 1. The molecule has 25 heavy (non-hydrogen) atoms. The normalized spacial score (nSPS) is 17.6. The Morgan fingerprint density at radius 2 is 1.60 bits per heavy atom. The van der Waals surface area contributed by atoms with Gasteiger partial charge in [0.15, 0.2) is 0 Å². The fourth-order valence-corrected chi connectivity index (χ4v) is 2.94. The van der Waals surface area contributed by atoms with Crippen LogP contribution in [0.2, 0.25) is 0 Å².